The summed E-state index contributed by atoms with van der Waals surface area (Å²) in [4.78, 5) is 0. The number of hydrogen-bond donors (Lipinski definition) is 1. The van der Waals surface area contributed by atoms with Crippen LogP contribution in [0.5, 0.6) is 0 Å². The molecule has 0 spiro atoms. The molecular formula is C12H15ClFNO. The van der Waals surface area contributed by atoms with Gasteiger partial charge in [0, 0.05) is 19.7 Å². The maximum Gasteiger partial charge on any atom is 0.142 e. The van der Waals surface area contributed by atoms with Crippen molar-refractivity contribution in [1.82, 2.24) is 5.32 Å². The van der Waals surface area contributed by atoms with Gasteiger partial charge < -0.3 is 10.1 Å². The number of nitrogens with one attached hydrogen (secondary N) is 1. The van der Waals surface area contributed by atoms with Crippen LogP contribution < -0.4 is 5.32 Å². The summed E-state index contributed by atoms with van der Waals surface area (Å²) in [5.74, 6) is 0.238. The molecule has 1 atom stereocenters. The molecule has 0 bridgehead atoms. The van der Waals surface area contributed by atoms with Crippen molar-refractivity contribution < 1.29 is 9.13 Å². The van der Waals surface area contributed by atoms with Crippen LogP contribution in [0, 0.1) is 11.7 Å². The van der Waals surface area contributed by atoms with E-state index < -0.39 is 0 Å². The molecule has 0 aliphatic carbocycles. The first-order valence-corrected chi connectivity index (χ1v) is 5.86. The Morgan fingerprint density at radius 1 is 1.50 bits per heavy atom. The van der Waals surface area contributed by atoms with E-state index in [1.165, 1.54) is 6.07 Å². The molecular weight excluding hydrogens is 229 g/mol. The van der Waals surface area contributed by atoms with Gasteiger partial charge in [0.05, 0.1) is 11.6 Å². The number of hydrogen-bond acceptors (Lipinski definition) is 2. The zero-order valence-electron chi connectivity index (χ0n) is 9.01. The molecule has 88 valence electrons. The van der Waals surface area contributed by atoms with E-state index in [0.717, 1.165) is 31.7 Å². The second kappa shape index (κ2) is 5.62. The van der Waals surface area contributed by atoms with Gasteiger partial charge in [0.15, 0.2) is 0 Å². The van der Waals surface area contributed by atoms with E-state index in [1.54, 1.807) is 6.07 Å². The minimum atomic E-state index is -0.356. The summed E-state index contributed by atoms with van der Waals surface area (Å²) in [6.45, 7) is 3.29. The first-order chi connectivity index (χ1) is 7.75. The van der Waals surface area contributed by atoms with E-state index in [4.69, 9.17) is 16.3 Å². The van der Waals surface area contributed by atoms with Crippen LogP contribution in [-0.2, 0) is 11.3 Å². The zero-order valence-corrected chi connectivity index (χ0v) is 9.77. The van der Waals surface area contributed by atoms with E-state index in [1.807, 2.05) is 6.07 Å². The zero-order chi connectivity index (χ0) is 11.4. The molecule has 0 radical (unpaired) electrons. The smallest absolute Gasteiger partial charge is 0.142 e. The lowest BCUT2D eigenvalue weighted by atomic mass is 10.1. The third kappa shape index (κ3) is 3.17. The summed E-state index contributed by atoms with van der Waals surface area (Å²) in [5.41, 5.74) is 0.917. The van der Waals surface area contributed by atoms with Gasteiger partial charge in [-0.15, -0.1) is 0 Å². The van der Waals surface area contributed by atoms with Crippen LogP contribution in [0.2, 0.25) is 5.02 Å². The van der Waals surface area contributed by atoms with Crippen molar-refractivity contribution in [3.05, 3.63) is 34.6 Å². The SMILES string of the molecule is Fc1cc(CNCC2CCOC2)ccc1Cl. The van der Waals surface area contributed by atoms with Crippen molar-refractivity contribution in [1.29, 1.82) is 0 Å². The maximum atomic E-state index is 13.1. The summed E-state index contributed by atoms with van der Waals surface area (Å²) in [5, 5.41) is 3.47. The van der Waals surface area contributed by atoms with Gasteiger partial charge in [-0.2, -0.15) is 0 Å². The lowest BCUT2D eigenvalue weighted by Gasteiger charge is -2.09. The standard InChI is InChI=1S/C12H15ClFNO/c13-11-2-1-9(5-12(11)14)6-15-7-10-3-4-16-8-10/h1-2,5,10,15H,3-4,6-8H2. The Bertz CT molecular complexity index is 353. The van der Waals surface area contributed by atoms with Crippen molar-refractivity contribution in [3.63, 3.8) is 0 Å². The van der Waals surface area contributed by atoms with E-state index in [9.17, 15) is 4.39 Å². The van der Waals surface area contributed by atoms with Crippen molar-refractivity contribution in [2.45, 2.75) is 13.0 Å². The summed E-state index contributed by atoms with van der Waals surface area (Å²) in [7, 11) is 0. The van der Waals surface area contributed by atoms with Crippen molar-refractivity contribution >= 4 is 11.6 Å². The molecule has 1 unspecified atom stereocenters. The van der Waals surface area contributed by atoms with Crippen molar-refractivity contribution in [3.8, 4) is 0 Å². The molecule has 16 heavy (non-hydrogen) atoms. The molecule has 1 fully saturated rings. The van der Waals surface area contributed by atoms with Crippen LogP contribution >= 0.6 is 11.6 Å². The third-order valence-electron chi connectivity index (χ3n) is 2.77. The molecule has 1 heterocycles. The Kier molecular flexibility index (Phi) is 4.16. The minimum absolute atomic E-state index is 0.174. The molecule has 1 aromatic rings. The van der Waals surface area contributed by atoms with Gasteiger partial charge in [-0.3, -0.25) is 0 Å². The average molecular weight is 244 g/mol. The number of rotatable bonds is 4. The topological polar surface area (TPSA) is 21.3 Å². The Labute approximate surface area is 99.7 Å². The summed E-state index contributed by atoms with van der Waals surface area (Å²) < 4.78 is 18.4. The van der Waals surface area contributed by atoms with Gasteiger partial charge in [0.1, 0.15) is 5.82 Å². The highest BCUT2D eigenvalue weighted by Crippen LogP contribution is 2.16. The minimum Gasteiger partial charge on any atom is -0.381 e. The fraction of sp³-hybridized carbons (Fsp3) is 0.500. The van der Waals surface area contributed by atoms with Gasteiger partial charge in [-0.25, -0.2) is 4.39 Å². The summed E-state index contributed by atoms with van der Waals surface area (Å²) in [6, 6.07) is 4.90. The first kappa shape index (κ1) is 11.8. The highest BCUT2D eigenvalue weighted by atomic mass is 35.5. The van der Waals surface area contributed by atoms with Gasteiger partial charge in [-0.05, 0) is 30.0 Å². The van der Waals surface area contributed by atoms with Gasteiger partial charge in [-0.1, -0.05) is 17.7 Å². The Morgan fingerprint density at radius 3 is 3.06 bits per heavy atom. The van der Waals surface area contributed by atoms with E-state index >= 15 is 0 Å². The van der Waals surface area contributed by atoms with E-state index in [0.29, 0.717) is 12.5 Å². The first-order valence-electron chi connectivity index (χ1n) is 5.48. The number of halogens is 2. The number of ether oxygens (including phenoxy) is 1. The lowest BCUT2D eigenvalue weighted by Crippen LogP contribution is -2.22. The summed E-state index contributed by atoms with van der Waals surface area (Å²) >= 11 is 5.61. The fourth-order valence-corrected chi connectivity index (χ4v) is 1.93. The molecule has 0 amide bonds. The fourth-order valence-electron chi connectivity index (χ4n) is 1.81. The van der Waals surface area contributed by atoms with Crippen LogP contribution in [0.3, 0.4) is 0 Å². The normalized spacial score (nSPS) is 20.2. The van der Waals surface area contributed by atoms with Gasteiger partial charge >= 0.3 is 0 Å². The van der Waals surface area contributed by atoms with Crippen LogP contribution in [-0.4, -0.2) is 19.8 Å². The predicted octanol–water partition coefficient (Wildman–Crippen LogP) is 2.61. The molecule has 1 N–H and O–H groups in total. The average Bonchev–Trinajstić information content (AvgIpc) is 2.76. The molecule has 0 aromatic heterocycles. The van der Waals surface area contributed by atoms with Crippen LogP contribution in [0.25, 0.3) is 0 Å². The highest BCUT2D eigenvalue weighted by Gasteiger charge is 2.14. The Morgan fingerprint density at radius 2 is 2.38 bits per heavy atom. The molecule has 1 aliphatic heterocycles. The predicted molar refractivity (Wildman–Crippen MR) is 62.0 cm³/mol. The van der Waals surface area contributed by atoms with E-state index in [-0.39, 0.29) is 10.8 Å². The summed E-state index contributed by atoms with van der Waals surface area (Å²) in [6.07, 6.45) is 1.11. The monoisotopic (exact) mass is 243 g/mol. The molecule has 1 saturated heterocycles. The number of benzene rings is 1. The van der Waals surface area contributed by atoms with E-state index in [2.05, 4.69) is 5.32 Å². The van der Waals surface area contributed by atoms with Crippen LogP contribution in [0.15, 0.2) is 18.2 Å². The Hall–Kier alpha value is -0.640. The quantitative estimate of drug-likeness (QED) is 0.878. The largest absolute Gasteiger partial charge is 0.381 e. The molecule has 1 aromatic carbocycles. The van der Waals surface area contributed by atoms with Gasteiger partial charge in [0.2, 0.25) is 0 Å². The molecule has 4 heteroatoms. The van der Waals surface area contributed by atoms with Crippen LogP contribution in [0.1, 0.15) is 12.0 Å². The Balaban J connectivity index is 1.78. The lowest BCUT2D eigenvalue weighted by molar-refractivity contribution is 0.185. The van der Waals surface area contributed by atoms with Crippen molar-refractivity contribution in [2.24, 2.45) is 5.92 Å². The molecule has 2 rings (SSSR count). The second-order valence-electron chi connectivity index (χ2n) is 4.11. The second-order valence-corrected chi connectivity index (χ2v) is 4.52. The maximum absolute atomic E-state index is 13.1. The molecule has 0 saturated carbocycles. The van der Waals surface area contributed by atoms with Gasteiger partial charge in [0.25, 0.3) is 0 Å². The molecule has 1 aliphatic rings. The highest BCUT2D eigenvalue weighted by molar-refractivity contribution is 6.30. The van der Waals surface area contributed by atoms with Crippen molar-refractivity contribution in [2.75, 3.05) is 19.8 Å². The molecule has 2 nitrogen and oxygen atoms in total. The van der Waals surface area contributed by atoms with Crippen LogP contribution in [0.4, 0.5) is 4.39 Å². The third-order valence-corrected chi connectivity index (χ3v) is 3.08.